The van der Waals surface area contributed by atoms with Gasteiger partial charge in [0.1, 0.15) is 11.5 Å². The highest BCUT2D eigenvalue weighted by Gasteiger charge is 2.21. The number of Topliss-reactive ketones (excluding diaryl/α,β-unsaturated/α-hetero) is 1. The van der Waals surface area contributed by atoms with Gasteiger partial charge >= 0.3 is 0 Å². The third kappa shape index (κ3) is 2.63. The summed E-state index contributed by atoms with van der Waals surface area (Å²) < 4.78 is 5.11. The van der Waals surface area contributed by atoms with Gasteiger partial charge in [0.25, 0.3) is 0 Å². The van der Waals surface area contributed by atoms with Gasteiger partial charge in [0, 0.05) is 12.3 Å². The molecule has 0 amide bonds. The lowest BCUT2D eigenvalue weighted by atomic mass is 9.84. The summed E-state index contributed by atoms with van der Waals surface area (Å²) in [4.78, 5) is 11.7. The van der Waals surface area contributed by atoms with Crippen molar-refractivity contribution in [3.05, 3.63) is 29.8 Å². The van der Waals surface area contributed by atoms with Crippen molar-refractivity contribution in [3.8, 4) is 5.75 Å². The van der Waals surface area contributed by atoms with E-state index in [9.17, 15) is 4.79 Å². The third-order valence-electron chi connectivity index (χ3n) is 3.32. The summed E-state index contributed by atoms with van der Waals surface area (Å²) in [6.07, 6.45) is 5.01. The fraction of sp³-hybridized carbons (Fsp3) is 0.500. The fourth-order valence-electron chi connectivity index (χ4n) is 2.32. The minimum absolute atomic E-state index is 0.252. The maximum atomic E-state index is 11.7. The molecule has 0 bridgehead atoms. The highest BCUT2D eigenvalue weighted by molar-refractivity contribution is 5.81. The quantitative estimate of drug-likeness (QED) is 0.779. The molecular formula is C14H18O2. The molecule has 0 spiro atoms. The molecule has 0 radical (unpaired) electrons. The Morgan fingerprint density at radius 2 is 2.00 bits per heavy atom. The van der Waals surface area contributed by atoms with Crippen LogP contribution >= 0.6 is 0 Å². The van der Waals surface area contributed by atoms with Crippen LogP contribution in [-0.2, 0) is 11.2 Å². The first-order chi connectivity index (χ1) is 7.79. The zero-order valence-electron chi connectivity index (χ0n) is 9.74. The number of hydrogen-bond donors (Lipinski definition) is 0. The van der Waals surface area contributed by atoms with Crippen molar-refractivity contribution < 1.29 is 9.53 Å². The molecular weight excluding hydrogens is 200 g/mol. The summed E-state index contributed by atoms with van der Waals surface area (Å²) in [5, 5.41) is 0. The zero-order valence-corrected chi connectivity index (χ0v) is 9.74. The van der Waals surface area contributed by atoms with E-state index in [1.54, 1.807) is 7.11 Å². The highest BCUT2D eigenvalue weighted by atomic mass is 16.5. The van der Waals surface area contributed by atoms with Crippen LogP contribution in [0.25, 0.3) is 0 Å². The lowest BCUT2D eigenvalue weighted by Gasteiger charge is -2.20. The van der Waals surface area contributed by atoms with Crippen molar-refractivity contribution in [1.82, 2.24) is 0 Å². The van der Waals surface area contributed by atoms with Crippen LogP contribution in [0.15, 0.2) is 24.3 Å². The first-order valence-corrected chi connectivity index (χ1v) is 5.95. The summed E-state index contributed by atoms with van der Waals surface area (Å²) in [5.41, 5.74) is 1.24. The van der Waals surface area contributed by atoms with Gasteiger partial charge < -0.3 is 4.74 Å². The van der Waals surface area contributed by atoms with E-state index < -0.39 is 0 Å². The van der Waals surface area contributed by atoms with Gasteiger partial charge in [-0.15, -0.1) is 0 Å². The molecule has 1 atom stereocenters. The van der Waals surface area contributed by atoms with Gasteiger partial charge in [-0.1, -0.05) is 18.6 Å². The molecule has 0 aliphatic heterocycles. The number of carbonyl (C=O) groups is 1. The fourth-order valence-corrected chi connectivity index (χ4v) is 2.32. The Balaban J connectivity index is 1.99. The van der Waals surface area contributed by atoms with Gasteiger partial charge in [-0.3, -0.25) is 4.79 Å². The van der Waals surface area contributed by atoms with E-state index >= 15 is 0 Å². The van der Waals surface area contributed by atoms with E-state index in [0.717, 1.165) is 31.4 Å². The first-order valence-electron chi connectivity index (χ1n) is 5.95. The maximum absolute atomic E-state index is 11.7. The van der Waals surface area contributed by atoms with Crippen LogP contribution in [0.2, 0.25) is 0 Å². The average Bonchev–Trinajstić information content (AvgIpc) is 2.33. The van der Waals surface area contributed by atoms with Crippen molar-refractivity contribution >= 4 is 5.78 Å². The number of carbonyl (C=O) groups excluding carboxylic acids is 1. The van der Waals surface area contributed by atoms with E-state index in [0.29, 0.717) is 5.78 Å². The molecule has 2 heteroatoms. The Labute approximate surface area is 96.6 Å². The molecule has 1 aliphatic carbocycles. The van der Waals surface area contributed by atoms with Crippen LogP contribution < -0.4 is 4.74 Å². The predicted molar refractivity (Wildman–Crippen MR) is 63.7 cm³/mol. The van der Waals surface area contributed by atoms with E-state index in [4.69, 9.17) is 4.74 Å². The minimum atomic E-state index is 0.252. The van der Waals surface area contributed by atoms with Gasteiger partial charge in [-0.05, 0) is 37.0 Å². The molecule has 16 heavy (non-hydrogen) atoms. The van der Waals surface area contributed by atoms with Crippen molar-refractivity contribution in [2.45, 2.75) is 32.1 Å². The van der Waals surface area contributed by atoms with Crippen LogP contribution in [0.1, 0.15) is 31.2 Å². The summed E-state index contributed by atoms with van der Waals surface area (Å²) in [5.74, 6) is 1.57. The van der Waals surface area contributed by atoms with Crippen LogP contribution in [0, 0.1) is 5.92 Å². The SMILES string of the molecule is COc1ccc(C[C@@H]2CCCCC2=O)cc1. The summed E-state index contributed by atoms with van der Waals surface area (Å²) in [7, 11) is 1.67. The van der Waals surface area contributed by atoms with Crippen LogP contribution in [0.3, 0.4) is 0 Å². The lowest BCUT2D eigenvalue weighted by Crippen LogP contribution is -2.20. The van der Waals surface area contributed by atoms with E-state index in [1.165, 1.54) is 12.0 Å². The molecule has 0 aromatic heterocycles. The maximum Gasteiger partial charge on any atom is 0.136 e. The normalized spacial score (nSPS) is 20.8. The van der Waals surface area contributed by atoms with Crippen LogP contribution in [0.4, 0.5) is 0 Å². The molecule has 0 heterocycles. The second kappa shape index (κ2) is 5.15. The molecule has 1 fully saturated rings. The summed E-state index contributed by atoms with van der Waals surface area (Å²) in [6.45, 7) is 0. The van der Waals surface area contributed by atoms with Gasteiger partial charge in [-0.2, -0.15) is 0 Å². The molecule has 0 unspecified atom stereocenters. The number of hydrogen-bond acceptors (Lipinski definition) is 2. The molecule has 2 nitrogen and oxygen atoms in total. The van der Waals surface area contributed by atoms with Gasteiger partial charge in [0.2, 0.25) is 0 Å². The second-order valence-corrected chi connectivity index (χ2v) is 4.46. The third-order valence-corrected chi connectivity index (χ3v) is 3.32. The number of ketones is 1. The minimum Gasteiger partial charge on any atom is -0.497 e. The standard InChI is InChI=1S/C14H18O2/c1-16-13-8-6-11(7-9-13)10-12-4-2-3-5-14(12)15/h6-9,12H,2-5,10H2,1H3/t12-/m0/s1. The number of rotatable bonds is 3. The largest absolute Gasteiger partial charge is 0.497 e. The number of methoxy groups -OCH3 is 1. The van der Waals surface area contributed by atoms with E-state index in [2.05, 4.69) is 12.1 Å². The van der Waals surface area contributed by atoms with Gasteiger partial charge in [-0.25, -0.2) is 0 Å². The highest BCUT2D eigenvalue weighted by Crippen LogP contribution is 2.24. The van der Waals surface area contributed by atoms with Crippen LogP contribution in [0.5, 0.6) is 5.75 Å². The van der Waals surface area contributed by atoms with Crippen molar-refractivity contribution in [2.75, 3.05) is 7.11 Å². The Morgan fingerprint density at radius 3 is 2.62 bits per heavy atom. The topological polar surface area (TPSA) is 26.3 Å². The Hall–Kier alpha value is -1.31. The Bertz CT molecular complexity index is 354. The summed E-state index contributed by atoms with van der Waals surface area (Å²) >= 11 is 0. The molecule has 1 aromatic carbocycles. The lowest BCUT2D eigenvalue weighted by molar-refractivity contribution is -0.124. The number of ether oxygens (including phenoxy) is 1. The van der Waals surface area contributed by atoms with Gasteiger partial charge in [0.05, 0.1) is 7.11 Å². The van der Waals surface area contributed by atoms with E-state index in [-0.39, 0.29) is 5.92 Å². The monoisotopic (exact) mass is 218 g/mol. The molecule has 86 valence electrons. The second-order valence-electron chi connectivity index (χ2n) is 4.46. The molecule has 0 saturated heterocycles. The molecule has 1 saturated carbocycles. The predicted octanol–water partition coefficient (Wildman–Crippen LogP) is 3.00. The van der Waals surface area contributed by atoms with Crippen molar-refractivity contribution in [2.24, 2.45) is 5.92 Å². The first kappa shape index (κ1) is 11.2. The zero-order chi connectivity index (χ0) is 11.4. The average molecular weight is 218 g/mol. The van der Waals surface area contributed by atoms with Crippen LogP contribution in [-0.4, -0.2) is 12.9 Å². The number of benzene rings is 1. The smallest absolute Gasteiger partial charge is 0.136 e. The summed E-state index contributed by atoms with van der Waals surface area (Å²) in [6, 6.07) is 8.03. The molecule has 1 aromatic rings. The van der Waals surface area contributed by atoms with Gasteiger partial charge in [0.15, 0.2) is 0 Å². The molecule has 2 rings (SSSR count). The molecule has 1 aliphatic rings. The molecule has 0 N–H and O–H groups in total. The van der Waals surface area contributed by atoms with Crippen molar-refractivity contribution in [1.29, 1.82) is 0 Å². The Kier molecular flexibility index (Phi) is 3.60. The van der Waals surface area contributed by atoms with Crippen molar-refractivity contribution in [3.63, 3.8) is 0 Å². The Morgan fingerprint density at radius 1 is 1.25 bits per heavy atom. The van der Waals surface area contributed by atoms with E-state index in [1.807, 2.05) is 12.1 Å².